The lowest BCUT2D eigenvalue weighted by Gasteiger charge is -1.97. The van der Waals surface area contributed by atoms with Crippen molar-refractivity contribution in [2.45, 2.75) is 0 Å². The van der Waals surface area contributed by atoms with Gasteiger partial charge >= 0.3 is 0 Å². The van der Waals surface area contributed by atoms with Gasteiger partial charge in [-0.25, -0.2) is 0 Å². The van der Waals surface area contributed by atoms with Gasteiger partial charge in [0, 0.05) is 29.0 Å². The third-order valence-corrected chi connectivity index (χ3v) is 3.61. The second kappa shape index (κ2) is 3.07. The van der Waals surface area contributed by atoms with E-state index in [0.717, 1.165) is 27.3 Å². The molecule has 0 atom stereocenters. The average Bonchev–Trinajstić information content (AvgIpc) is 2.72. The summed E-state index contributed by atoms with van der Waals surface area (Å²) in [5.74, 6) is 0. The monoisotopic (exact) mass is 235 g/mol. The van der Waals surface area contributed by atoms with Crippen LogP contribution in [-0.4, -0.2) is 4.40 Å². The molecule has 4 rings (SSSR count). The predicted octanol–water partition coefficient (Wildman–Crippen LogP) is 1.87. The number of pyridine rings is 2. The molecule has 1 aromatic carbocycles. The Labute approximate surface area is 103 Å². The maximum Gasteiger partial charge on any atom is 0.256 e. The van der Waals surface area contributed by atoms with Gasteiger partial charge in [0.2, 0.25) is 5.52 Å². The highest BCUT2D eigenvalue weighted by Gasteiger charge is 2.17. The molecule has 0 aliphatic rings. The SMILES string of the molecule is C[n+]1ccc2c3ccccc3n3c(=O)ccc1c23. The smallest absolute Gasteiger partial charge is 0.256 e. The highest BCUT2D eigenvalue weighted by molar-refractivity contribution is 6.11. The molecule has 0 aliphatic carbocycles. The number of hydrogen-bond acceptors (Lipinski definition) is 1. The van der Waals surface area contributed by atoms with E-state index in [1.807, 2.05) is 42.1 Å². The van der Waals surface area contributed by atoms with E-state index in [9.17, 15) is 4.79 Å². The highest BCUT2D eigenvalue weighted by Crippen LogP contribution is 2.28. The van der Waals surface area contributed by atoms with Crippen molar-refractivity contribution in [2.75, 3.05) is 0 Å². The maximum absolute atomic E-state index is 12.1. The summed E-state index contributed by atoms with van der Waals surface area (Å²) in [6.07, 6.45) is 2.04. The van der Waals surface area contributed by atoms with Crippen molar-refractivity contribution in [1.29, 1.82) is 0 Å². The molecule has 0 amide bonds. The molecule has 18 heavy (non-hydrogen) atoms. The van der Waals surface area contributed by atoms with Crippen LogP contribution in [0.3, 0.4) is 0 Å². The van der Waals surface area contributed by atoms with Gasteiger partial charge in [0.05, 0.1) is 5.52 Å². The van der Waals surface area contributed by atoms with Gasteiger partial charge in [0.1, 0.15) is 12.6 Å². The fraction of sp³-hybridized carbons (Fsp3) is 0.0667. The normalized spacial score (nSPS) is 11.8. The van der Waals surface area contributed by atoms with E-state index >= 15 is 0 Å². The van der Waals surface area contributed by atoms with Crippen molar-refractivity contribution in [3.8, 4) is 0 Å². The highest BCUT2D eigenvalue weighted by atomic mass is 16.1. The van der Waals surface area contributed by atoms with E-state index in [2.05, 4.69) is 12.1 Å². The first kappa shape index (κ1) is 9.59. The lowest BCUT2D eigenvalue weighted by molar-refractivity contribution is -0.644. The van der Waals surface area contributed by atoms with Gasteiger partial charge in [-0.1, -0.05) is 18.2 Å². The predicted molar refractivity (Wildman–Crippen MR) is 71.0 cm³/mol. The summed E-state index contributed by atoms with van der Waals surface area (Å²) in [6.45, 7) is 0. The number of benzene rings is 1. The molecule has 4 aromatic rings. The number of hydrogen-bond donors (Lipinski definition) is 0. The first-order valence-corrected chi connectivity index (χ1v) is 5.91. The Morgan fingerprint density at radius 1 is 1.00 bits per heavy atom. The molecule has 0 spiro atoms. The molecular formula is C15H11N2O+. The zero-order valence-corrected chi connectivity index (χ0v) is 9.92. The van der Waals surface area contributed by atoms with Crippen molar-refractivity contribution >= 4 is 27.3 Å². The molecule has 3 nitrogen and oxygen atoms in total. The van der Waals surface area contributed by atoms with Gasteiger partial charge in [-0.05, 0) is 6.07 Å². The van der Waals surface area contributed by atoms with Crippen molar-refractivity contribution in [2.24, 2.45) is 7.05 Å². The van der Waals surface area contributed by atoms with Crippen molar-refractivity contribution in [3.63, 3.8) is 0 Å². The summed E-state index contributed by atoms with van der Waals surface area (Å²) >= 11 is 0. The number of aryl methyl sites for hydroxylation is 1. The molecule has 0 saturated carbocycles. The number of nitrogens with zero attached hydrogens (tertiary/aromatic N) is 2. The first-order valence-electron chi connectivity index (χ1n) is 5.91. The van der Waals surface area contributed by atoms with Gasteiger partial charge in [-0.3, -0.25) is 9.20 Å². The van der Waals surface area contributed by atoms with E-state index in [0.29, 0.717) is 0 Å². The second-order valence-corrected chi connectivity index (χ2v) is 4.60. The summed E-state index contributed by atoms with van der Waals surface area (Å²) in [5, 5.41) is 2.27. The third-order valence-electron chi connectivity index (χ3n) is 3.61. The third kappa shape index (κ3) is 0.991. The van der Waals surface area contributed by atoms with Crippen molar-refractivity contribution < 1.29 is 4.57 Å². The molecule has 0 unspecified atom stereocenters. The van der Waals surface area contributed by atoms with Crippen molar-refractivity contribution in [3.05, 3.63) is 59.0 Å². The average molecular weight is 235 g/mol. The summed E-state index contributed by atoms with van der Waals surface area (Å²) in [4.78, 5) is 12.1. The van der Waals surface area contributed by atoms with Crippen LogP contribution in [0.15, 0.2) is 53.5 Å². The molecule has 86 valence electrons. The number of fused-ring (bicyclic) bond motifs is 3. The minimum atomic E-state index is 0.0277. The van der Waals surface area contributed by atoms with Gasteiger partial charge in [0.15, 0.2) is 6.20 Å². The van der Waals surface area contributed by atoms with Gasteiger partial charge in [-0.2, -0.15) is 4.57 Å². The topological polar surface area (TPSA) is 25.4 Å². The van der Waals surface area contributed by atoms with Crippen LogP contribution in [0.25, 0.3) is 27.3 Å². The van der Waals surface area contributed by atoms with Crippen LogP contribution in [0.2, 0.25) is 0 Å². The molecular weight excluding hydrogens is 224 g/mol. The Balaban J connectivity index is 2.54. The van der Waals surface area contributed by atoms with E-state index in [4.69, 9.17) is 0 Å². The summed E-state index contributed by atoms with van der Waals surface area (Å²) in [6, 6.07) is 13.6. The molecule has 0 saturated heterocycles. The van der Waals surface area contributed by atoms with E-state index in [-0.39, 0.29) is 5.56 Å². The van der Waals surface area contributed by atoms with E-state index in [1.54, 1.807) is 10.5 Å². The Bertz CT molecular complexity index is 953. The maximum atomic E-state index is 12.1. The van der Waals surface area contributed by atoms with Crippen LogP contribution in [0.4, 0.5) is 0 Å². The molecule has 3 heteroatoms. The van der Waals surface area contributed by atoms with Crippen LogP contribution < -0.4 is 10.1 Å². The largest absolute Gasteiger partial charge is 0.270 e. The first-order chi connectivity index (χ1) is 8.77. The molecule has 0 fully saturated rings. The zero-order valence-electron chi connectivity index (χ0n) is 9.92. The van der Waals surface area contributed by atoms with Crippen molar-refractivity contribution in [1.82, 2.24) is 4.40 Å². The molecule has 3 aromatic heterocycles. The van der Waals surface area contributed by atoms with E-state index < -0.39 is 0 Å². The van der Waals surface area contributed by atoms with Crippen LogP contribution in [-0.2, 0) is 7.05 Å². The Morgan fingerprint density at radius 2 is 1.83 bits per heavy atom. The van der Waals surface area contributed by atoms with Gasteiger partial charge < -0.3 is 0 Å². The summed E-state index contributed by atoms with van der Waals surface area (Å²) in [7, 11) is 2.00. The van der Waals surface area contributed by atoms with Crippen LogP contribution in [0.1, 0.15) is 0 Å². The Morgan fingerprint density at radius 3 is 2.72 bits per heavy atom. The summed E-state index contributed by atoms with van der Waals surface area (Å²) in [5.41, 5.74) is 3.09. The summed E-state index contributed by atoms with van der Waals surface area (Å²) < 4.78 is 3.85. The molecule has 0 bridgehead atoms. The Kier molecular flexibility index (Phi) is 1.64. The van der Waals surface area contributed by atoms with Crippen LogP contribution >= 0.6 is 0 Å². The fourth-order valence-electron chi connectivity index (χ4n) is 2.77. The fourth-order valence-corrected chi connectivity index (χ4v) is 2.77. The van der Waals surface area contributed by atoms with Crippen LogP contribution in [0, 0.1) is 0 Å². The number of rotatable bonds is 0. The van der Waals surface area contributed by atoms with Crippen LogP contribution in [0.5, 0.6) is 0 Å². The van der Waals surface area contributed by atoms with E-state index in [1.165, 1.54) is 0 Å². The lowest BCUT2D eigenvalue weighted by atomic mass is 10.2. The Hall–Kier alpha value is -2.42. The number of aromatic nitrogens is 2. The van der Waals surface area contributed by atoms with Gasteiger partial charge in [0.25, 0.3) is 5.56 Å². The number of para-hydroxylation sites is 1. The molecule has 0 N–H and O–H groups in total. The minimum Gasteiger partial charge on any atom is -0.270 e. The second-order valence-electron chi connectivity index (χ2n) is 4.60. The molecule has 3 heterocycles. The minimum absolute atomic E-state index is 0.0277. The molecule has 0 radical (unpaired) electrons. The standard InChI is InChI=1S/C15H11N2O/c1-16-9-8-11-10-4-2-3-5-12(10)17-14(18)7-6-13(16)15(11)17/h2-9H,1H3/q+1. The van der Waals surface area contributed by atoms with Gasteiger partial charge in [-0.15, -0.1) is 0 Å². The quantitative estimate of drug-likeness (QED) is 0.427. The zero-order chi connectivity index (χ0) is 12.3. The lowest BCUT2D eigenvalue weighted by Crippen LogP contribution is -2.29. The molecule has 0 aliphatic heterocycles.